The summed E-state index contributed by atoms with van der Waals surface area (Å²) in [7, 11) is 0. The highest BCUT2D eigenvalue weighted by Gasteiger charge is 2.42. The molecule has 0 radical (unpaired) electrons. The molecule has 1 aromatic carbocycles. The molecule has 0 aromatic heterocycles. The maximum atomic E-state index is 13.3. The second kappa shape index (κ2) is 3.11. The van der Waals surface area contributed by atoms with Gasteiger partial charge in [-0.25, -0.2) is 4.39 Å². The average molecular weight is 179 g/mol. The predicted octanol–water partition coefficient (Wildman–Crippen LogP) is 2.19. The van der Waals surface area contributed by atoms with Gasteiger partial charge in [-0.05, 0) is 24.0 Å². The molecule has 0 atom stereocenters. The van der Waals surface area contributed by atoms with E-state index in [-0.39, 0.29) is 0 Å². The molecule has 1 nitrogen and oxygen atoms in total. The largest absolute Gasteiger partial charge is 0.326 e. The van der Waals surface area contributed by atoms with Crippen LogP contribution in [-0.2, 0) is 13.0 Å². The topological polar surface area (TPSA) is 26.0 Å². The van der Waals surface area contributed by atoms with Gasteiger partial charge in [-0.15, -0.1) is 0 Å². The van der Waals surface area contributed by atoms with Crippen molar-refractivity contribution in [2.24, 2.45) is 5.73 Å². The van der Waals surface area contributed by atoms with Gasteiger partial charge in [-0.1, -0.05) is 24.3 Å². The number of nitrogens with two attached hydrogens (primary N) is 1. The first-order chi connectivity index (χ1) is 6.22. The molecule has 2 rings (SSSR count). The van der Waals surface area contributed by atoms with Crippen molar-refractivity contribution in [2.75, 3.05) is 0 Å². The van der Waals surface area contributed by atoms with Crippen LogP contribution in [0.3, 0.4) is 0 Å². The van der Waals surface area contributed by atoms with E-state index in [9.17, 15) is 4.39 Å². The molecule has 0 aliphatic heterocycles. The van der Waals surface area contributed by atoms with Gasteiger partial charge in [0.1, 0.15) is 5.67 Å². The summed E-state index contributed by atoms with van der Waals surface area (Å²) < 4.78 is 13.3. The van der Waals surface area contributed by atoms with Crippen LogP contribution in [0.15, 0.2) is 24.3 Å². The van der Waals surface area contributed by atoms with Crippen molar-refractivity contribution in [3.63, 3.8) is 0 Å². The van der Waals surface area contributed by atoms with Gasteiger partial charge in [0.05, 0.1) is 0 Å². The van der Waals surface area contributed by atoms with Crippen molar-refractivity contribution < 1.29 is 4.39 Å². The minimum atomic E-state index is -0.885. The molecule has 0 unspecified atom stereocenters. The third kappa shape index (κ3) is 2.07. The van der Waals surface area contributed by atoms with Gasteiger partial charge in [0.15, 0.2) is 0 Å². The third-order valence-corrected chi connectivity index (χ3v) is 2.57. The van der Waals surface area contributed by atoms with Crippen LogP contribution in [0.2, 0.25) is 0 Å². The van der Waals surface area contributed by atoms with Crippen LogP contribution in [0.1, 0.15) is 24.0 Å². The van der Waals surface area contributed by atoms with Crippen molar-refractivity contribution in [1.29, 1.82) is 0 Å². The van der Waals surface area contributed by atoms with Crippen LogP contribution >= 0.6 is 0 Å². The first-order valence-electron chi connectivity index (χ1n) is 4.69. The molecular formula is C11H14FN. The third-order valence-electron chi connectivity index (χ3n) is 2.57. The lowest BCUT2D eigenvalue weighted by Gasteiger charge is -2.05. The Balaban J connectivity index is 2.05. The van der Waals surface area contributed by atoms with E-state index in [1.807, 2.05) is 24.3 Å². The minimum Gasteiger partial charge on any atom is -0.326 e. The molecule has 1 aliphatic carbocycles. The zero-order valence-electron chi connectivity index (χ0n) is 7.59. The standard InChI is InChI=1S/C11H14FN/c12-11(5-6-11)7-9-1-3-10(8-13)4-2-9/h1-4H,5-8,13H2. The lowest BCUT2D eigenvalue weighted by molar-refractivity contribution is 0.308. The van der Waals surface area contributed by atoms with Crippen LogP contribution < -0.4 is 5.73 Å². The SMILES string of the molecule is NCc1ccc(CC2(F)CC2)cc1. The predicted molar refractivity (Wildman–Crippen MR) is 51.1 cm³/mol. The second-order valence-corrected chi connectivity index (χ2v) is 3.85. The van der Waals surface area contributed by atoms with Crippen molar-refractivity contribution >= 4 is 0 Å². The summed E-state index contributed by atoms with van der Waals surface area (Å²) in [6.45, 7) is 0.557. The van der Waals surface area contributed by atoms with Gasteiger partial charge in [0.2, 0.25) is 0 Å². The summed E-state index contributed by atoms with van der Waals surface area (Å²) in [5, 5.41) is 0. The molecule has 1 aromatic rings. The van der Waals surface area contributed by atoms with Crippen LogP contribution in [0, 0.1) is 0 Å². The quantitative estimate of drug-likeness (QED) is 0.756. The number of rotatable bonds is 3. The number of benzene rings is 1. The molecule has 0 saturated heterocycles. The van der Waals surface area contributed by atoms with Crippen LogP contribution in [0.5, 0.6) is 0 Å². The molecule has 0 bridgehead atoms. The minimum absolute atomic E-state index is 0.557. The molecule has 0 amide bonds. The van der Waals surface area contributed by atoms with Crippen molar-refractivity contribution in [3.8, 4) is 0 Å². The molecule has 2 heteroatoms. The Morgan fingerprint density at radius 2 is 1.69 bits per heavy atom. The van der Waals surface area contributed by atoms with E-state index in [0.29, 0.717) is 13.0 Å². The molecule has 70 valence electrons. The Kier molecular flexibility index (Phi) is 2.08. The van der Waals surface area contributed by atoms with Gasteiger partial charge >= 0.3 is 0 Å². The van der Waals surface area contributed by atoms with E-state index in [0.717, 1.165) is 24.0 Å². The fourth-order valence-corrected chi connectivity index (χ4v) is 1.47. The summed E-state index contributed by atoms with van der Waals surface area (Å²) in [5.74, 6) is 0. The fraction of sp³-hybridized carbons (Fsp3) is 0.455. The first kappa shape index (κ1) is 8.70. The fourth-order valence-electron chi connectivity index (χ4n) is 1.47. The number of hydrogen-bond acceptors (Lipinski definition) is 1. The Morgan fingerprint density at radius 3 is 2.15 bits per heavy atom. The van der Waals surface area contributed by atoms with Crippen molar-refractivity contribution in [3.05, 3.63) is 35.4 Å². The van der Waals surface area contributed by atoms with Gasteiger partial charge in [0.25, 0.3) is 0 Å². The van der Waals surface area contributed by atoms with Crippen LogP contribution in [-0.4, -0.2) is 5.67 Å². The Hall–Kier alpha value is -0.890. The van der Waals surface area contributed by atoms with E-state index >= 15 is 0 Å². The molecule has 1 aliphatic rings. The Bertz CT molecular complexity index is 287. The Morgan fingerprint density at radius 1 is 1.15 bits per heavy atom. The van der Waals surface area contributed by atoms with Crippen molar-refractivity contribution in [2.45, 2.75) is 31.5 Å². The van der Waals surface area contributed by atoms with Crippen LogP contribution in [0.4, 0.5) is 4.39 Å². The molecule has 13 heavy (non-hydrogen) atoms. The lowest BCUT2D eigenvalue weighted by atomic mass is 10.1. The van der Waals surface area contributed by atoms with Gasteiger partial charge in [-0.2, -0.15) is 0 Å². The highest BCUT2D eigenvalue weighted by molar-refractivity contribution is 5.24. The number of halogens is 1. The van der Waals surface area contributed by atoms with Crippen molar-refractivity contribution in [1.82, 2.24) is 0 Å². The zero-order chi connectivity index (χ0) is 9.31. The maximum absolute atomic E-state index is 13.3. The van der Waals surface area contributed by atoms with Gasteiger partial charge < -0.3 is 5.73 Å². The monoisotopic (exact) mass is 179 g/mol. The molecule has 2 N–H and O–H groups in total. The summed E-state index contributed by atoms with van der Waals surface area (Å²) in [5.41, 5.74) is 6.77. The normalized spacial score (nSPS) is 18.6. The van der Waals surface area contributed by atoms with E-state index in [1.165, 1.54) is 0 Å². The maximum Gasteiger partial charge on any atom is 0.115 e. The summed E-state index contributed by atoms with van der Waals surface area (Å²) in [6, 6.07) is 7.89. The molecule has 1 saturated carbocycles. The van der Waals surface area contributed by atoms with E-state index in [2.05, 4.69) is 0 Å². The molecule has 0 heterocycles. The number of alkyl halides is 1. The molecular weight excluding hydrogens is 165 g/mol. The molecule has 0 spiro atoms. The van der Waals surface area contributed by atoms with E-state index in [1.54, 1.807) is 0 Å². The Labute approximate surface area is 77.8 Å². The summed E-state index contributed by atoms with van der Waals surface area (Å²) in [6.07, 6.45) is 2.02. The zero-order valence-corrected chi connectivity index (χ0v) is 7.59. The summed E-state index contributed by atoms with van der Waals surface area (Å²) >= 11 is 0. The highest BCUT2D eigenvalue weighted by atomic mass is 19.1. The number of hydrogen-bond donors (Lipinski definition) is 1. The first-order valence-corrected chi connectivity index (χ1v) is 4.69. The van der Waals surface area contributed by atoms with E-state index < -0.39 is 5.67 Å². The second-order valence-electron chi connectivity index (χ2n) is 3.85. The van der Waals surface area contributed by atoms with Gasteiger partial charge in [0, 0.05) is 13.0 Å². The van der Waals surface area contributed by atoms with E-state index in [4.69, 9.17) is 5.73 Å². The molecule has 1 fully saturated rings. The smallest absolute Gasteiger partial charge is 0.115 e. The van der Waals surface area contributed by atoms with Gasteiger partial charge in [-0.3, -0.25) is 0 Å². The highest BCUT2D eigenvalue weighted by Crippen LogP contribution is 2.42. The van der Waals surface area contributed by atoms with Crippen LogP contribution in [0.25, 0.3) is 0 Å². The average Bonchev–Trinajstić information content (AvgIpc) is 2.85. The lowest BCUT2D eigenvalue weighted by Crippen LogP contribution is -2.04. The summed E-state index contributed by atoms with van der Waals surface area (Å²) in [4.78, 5) is 0.